The second-order valence-electron chi connectivity index (χ2n) is 17.9. The third-order valence-electron chi connectivity index (χ3n) is 6.54. The van der Waals surface area contributed by atoms with Gasteiger partial charge in [0, 0.05) is 11.8 Å². The zero-order chi connectivity index (χ0) is 44.0. The molecular formula is C49H115F7. The van der Waals surface area contributed by atoms with Gasteiger partial charge in [-0.25, -0.2) is 8.78 Å². The molecule has 0 heterocycles. The van der Waals surface area contributed by atoms with E-state index in [1.54, 1.807) is 0 Å². The Balaban J connectivity index is -0.0000000391. The van der Waals surface area contributed by atoms with Gasteiger partial charge in [0.1, 0.15) is 0 Å². The van der Waals surface area contributed by atoms with E-state index in [9.17, 15) is 30.7 Å². The third-order valence-corrected chi connectivity index (χ3v) is 6.54. The van der Waals surface area contributed by atoms with Gasteiger partial charge in [-0.15, -0.1) is 0 Å². The molecule has 0 radical (unpaired) electrons. The van der Waals surface area contributed by atoms with E-state index in [0.717, 1.165) is 61.2 Å². The van der Waals surface area contributed by atoms with Gasteiger partial charge in [0.2, 0.25) is 6.43 Å². The Morgan fingerprint density at radius 1 is 0.446 bits per heavy atom. The molecule has 0 aromatic carbocycles. The highest BCUT2D eigenvalue weighted by Gasteiger charge is 2.59. The molecule has 7 heteroatoms. The van der Waals surface area contributed by atoms with Gasteiger partial charge in [-0.05, 0) is 60.2 Å². The van der Waals surface area contributed by atoms with Crippen LogP contribution >= 0.6 is 0 Å². The minimum Gasteiger partial charge on any atom is -0.210 e. The second kappa shape index (κ2) is 56.6. The fourth-order valence-corrected chi connectivity index (χ4v) is 2.24. The van der Waals surface area contributed by atoms with Crippen molar-refractivity contribution in [3.05, 3.63) is 0 Å². The topological polar surface area (TPSA) is 0 Å². The fraction of sp³-hybridized carbons (Fsp3) is 1.00. The molecular weight excluding hydrogens is 722 g/mol. The Hall–Kier alpha value is -0.490. The van der Waals surface area contributed by atoms with Gasteiger partial charge in [0.05, 0.1) is 0 Å². The molecule has 360 valence electrons. The van der Waals surface area contributed by atoms with E-state index in [4.69, 9.17) is 0 Å². The SMILES string of the molecule is C.C.C.C.CC(C)C.CC(C)C.CC(C)C(F)(F)C(F)(F)F.CC(C)C(F)F.CC(C)C1CC1.CCC(C)C.CCC(C)C.CCCC(C)C.CCCC(C)C. The Kier molecular flexibility index (Phi) is 88.1. The number of hydrogen-bond donors (Lipinski definition) is 0. The maximum absolute atomic E-state index is 11.9. The van der Waals surface area contributed by atoms with E-state index >= 15 is 0 Å². The first-order valence-electron chi connectivity index (χ1n) is 20.9. The first-order valence-corrected chi connectivity index (χ1v) is 20.9. The van der Waals surface area contributed by atoms with Crippen LogP contribution in [-0.4, -0.2) is 18.5 Å². The monoisotopic (exact) mass is 837 g/mol. The van der Waals surface area contributed by atoms with E-state index in [1.807, 2.05) is 0 Å². The molecule has 1 aliphatic rings. The molecule has 0 saturated heterocycles. The van der Waals surface area contributed by atoms with E-state index < -0.39 is 30.4 Å². The summed E-state index contributed by atoms with van der Waals surface area (Å²) in [5.74, 6) is 0.551. The molecule has 0 aliphatic heterocycles. The predicted molar refractivity (Wildman–Crippen MR) is 252 cm³/mol. The summed E-state index contributed by atoms with van der Waals surface area (Å²) in [4.78, 5) is 0. The van der Waals surface area contributed by atoms with Crippen LogP contribution < -0.4 is 0 Å². The van der Waals surface area contributed by atoms with Crippen molar-refractivity contribution >= 4 is 0 Å². The van der Waals surface area contributed by atoms with Crippen molar-refractivity contribution in [3.8, 4) is 0 Å². The lowest BCUT2D eigenvalue weighted by Gasteiger charge is -2.22. The molecule has 56 heavy (non-hydrogen) atoms. The highest BCUT2D eigenvalue weighted by Crippen LogP contribution is 2.40. The molecule has 1 fully saturated rings. The predicted octanol–water partition coefficient (Wildman–Crippen LogP) is 21.7. The molecule has 0 amide bonds. The van der Waals surface area contributed by atoms with Crippen LogP contribution in [0.25, 0.3) is 0 Å². The Morgan fingerprint density at radius 2 is 0.643 bits per heavy atom. The van der Waals surface area contributed by atoms with Crippen LogP contribution in [0.4, 0.5) is 30.7 Å². The van der Waals surface area contributed by atoms with Crippen molar-refractivity contribution < 1.29 is 30.7 Å². The molecule has 0 nitrogen and oxygen atoms in total. The smallest absolute Gasteiger partial charge is 0.210 e. The van der Waals surface area contributed by atoms with Crippen LogP contribution in [-0.2, 0) is 0 Å². The fourth-order valence-electron chi connectivity index (χ4n) is 2.24. The summed E-state index contributed by atoms with van der Waals surface area (Å²) < 4.78 is 80.2. The van der Waals surface area contributed by atoms with Crippen molar-refractivity contribution in [2.24, 2.45) is 59.2 Å². The average Bonchev–Trinajstić information content (AvgIpc) is 3.80. The second-order valence-corrected chi connectivity index (χ2v) is 17.9. The van der Waals surface area contributed by atoms with Crippen molar-refractivity contribution in [2.75, 3.05) is 0 Å². The van der Waals surface area contributed by atoms with E-state index in [-0.39, 0.29) is 29.7 Å². The Morgan fingerprint density at radius 3 is 0.643 bits per heavy atom. The van der Waals surface area contributed by atoms with Crippen molar-refractivity contribution in [2.45, 2.75) is 266 Å². The molecule has 1 saturated carbocycles. The summed E-state index contributed by atoms with van der Waals surface area (Å²) in [5, 5.41) is 0. The van der Waals surface area contributed by atoms with Crippen LogP contribution in [0.5, 0.6) is 0 Å². The summed E-state index contributed by atoms with van der Waals surface area (Å²) in [6.07, 6.45) is 3.45. The number of rotatable bonds is 9. The van der Waals surface area contributed by atoms with Gasteiger partial charge in [-0.3, -0.25) is 0 Å². The maximum Gasteiger partial charge on any atom is 0.453 e. The number of hydrogen-bond acceptors (Lipinski definition) is 0. The number of halogens is 7. The van der Waals surface area contributed by atoms with Gasteiger partial charge in [0.25, 0.3) is 0 Å². The largest absolute Gasteiger partial charge is 0.453 e. The van der Waals surface area contributed by atoms with E-state index in [1.165, 1.54) is 65.2 Å². The van der Waals surface area contributed by atoms with Crippen molar-refractivity contribution in [1.29, 1.82) is 0 Å². The van der Waals surface area contributed by atoms with Crippen LogP contribution in [0.3, 0.4) is 0 Å². The lowest BCUT2D eigenvalue weighted by Crippen LogP contribution is -2.40. The molecule has 1 aliphatic carbocycles. The molecule has 0 bridgehead atoms. The van der Waals surface area contributed by atoms with Crippen molar-refractivity contribution in [3.63, 3.8) is 0 Å². The lowest BCUT2D eigenvalue weighted by molar-refractivity contribution is -0.298. The summed E-state index contributed by atoms with van der Waals surface area (Å²) in [6, 6.07) is 0. The van der Waals surface area contributed by atoms with Gasteiger partial charge in [-0.1, -0.05) is 234 Å². The van der Waals surface area contributed by atoms with E-state index in [0.29, 0.717) is 0 Å². The highest BCUT2D eigenvalue weighted by atomic mass is 19.4. The van der Waals surface area contributed by atoms with Gasteiger partial charge < -0.3 is 0 Å². The highest BCUT2D eigenvalue weighted by molar-refractivity contribution is 4.78. The van der Waals surface area contributed by atoms with E-state index in [2.05, 4.69) is 138 Å². The first kappa shape index (κ1) is 87.1. The Labute approximate surface area is 354 Å². The van der Waals surface area contributed by atoms with Crippen LogP contribution in [0.2, 0.25) is 0 Å². The van der Waals surface area contributed by atoms with Gasteiger partial charge in [0.15, 0.2) is 0 Å². The lowest BCUT2D eigenvalue weighted by atomic mass is 10.1. The molecule has 0 aromatic heterocycles. The zero-order valence-electron chi connectivity index (χ0n) is 39.7. The van der Waals surface area contributed by atoms with Gasteiger partial charge >= 0.3 is 12.1 Å². The summed E-state index contributed by atoms with van der Waals surface area (Å²) in [5.41, 5.74) is 0. The minimum absolute atomic E-state index is 0. The molecule has 0 aromatic rings. The quantitative estimate of drug-likeness (QED) is 0.203. The zero-order valence-corrected chi connectivity index (χ0v) is 39.7. The van der Waals surface area contributed by atoms with Crippen molar-refractivity contribution in [1.82, 2.24) is 0 Å². The molecule has 0 N–H and O–H groups in total. The summed E-state index contributed by atoms with van der Waals surface area (Å²) >= 11 is 0. The minimum atomic E-state index is -5.42. The Bertz CT molecular complexity index is 556. The molecule has 1 rings (SSSR count). The number of alkyl halides is 7. The maximum atomic E-state index is 11.9. The van der Waals surface area contributed by atoms with Crippen LogP contribution in [0, 0.1) is 59.2 Å². The third kappa shape index (κ3) is 117. The first-order chi connectivity index (χ1) is 23.2. The molecule has 0 atom stereocenters. The standard InChI is InChI=1S/C6H12.2C6H14.C5H7F5.2C5H12.C4H8F2.2C4H10.4CH4/c1-5(2)6-3-4-6;2*1-4-5-6(2)3;1-3(2)4(6,7)5(8,9)10;2*1-4-5(2)3;1-3(2)4(5)6;2*1-4(2)3;;;;/h5-6H,3-4H2,1-2H3;2*6H,4-5H2,1-3H3;3H,1-2H3;2*5H,4H2,1-3H3;3-4H,1-2H3;2*4H,1-3H3;4*1H4. The summed E-state index contributed by atoms with van der Waals surface area (Å²) in [6.45, 7) is 49.0. The average molecular weight is 837 g/mol. The normalized spacial score (nSPS) is 11.3. The van der Waals surface area contributed by atoms with Crippen LogP contribution in [0.1, 0.15) is 247 Å². The molecule has 0 spiro atoms. The van der Waals surface area contributed by atoms with Crippen LogP contribution in [0.15, 0.2) is 0 Å². The molecule has 0 unspecified atom stereocenters. The van der Waals surface area contributed by atoms with Gasteiger partial charge in [-0.2, -0.15) is 22.0 Å². The summed E-state index contributed by atoms with van der Waals surface area (Å²) in [7, 11) is 0.